The SMILES string of the molecule is CC1CC(C)(C)CC1Nc1ccc(Cl)cc1Br. The molecule has 1 aliphatic rings. The maximum absolute atomic E-state index is 5.95. The third kappa shape index (κ3) is 3.17. The Balaban J connectivity index is 2.11. The molecule has 3 heteroatoms. The molecule has 94 valence electrons. The summed E-state index contributed by atoms with van der Waals surface area (Å²) < 4.78 is 1.04. The lowest BCUT2D eigenvalue weighted by Gasteiger charge is -2.20. The molecule has 1 saturated carbocycles. The van der Waals surface area contributed by atoms with E-state index in [0.29, 0.717) is 17.4 Å². The van der Waals surface area contributed by atoms with E-state index in [4.69, 9.17) is 11.6 Å². The van der Waals surface area contributed by atoms with Crippen molar-refractivity contribution in [3.8, 4) is 0 Å². The number of benzene rings is 1. The Morgan fingerprint density at radius 3 is 2.59 bits per heavy atom. The molecule has 2 unspecified atom stereocenters. The highest BCUT2D eigenvalue weighted by Crippen LogP contribution is 2.42. The second-order valence-corrected chi connectivity index (χ2v) is 7.22. The first-order valence-corrected chi connectivity index (χ1v) is 7.26. The van der Waals surface area contributed by atoms with E-state index in [9.17, 15) is 0 Å². The van der Waals surface area contributed by atoms with Crippen LogP contribution in [-0.4, -0.2) is 6.04 Å². The van der Waals surface area contributed by atoms with Crippen molar-refractivity contribution in [2.24, 2.45) is 11.3 Å². The Hall–Kier alpha value is -0.210. The van der Waals surface area contributed by atoms with Gasteiger partial charge in [0.2, 0.25) is 0 Å². The van der Waals surface area contributed by atoms with Gasteiger partial charge in [-0.3, -0.25) is 0 Å². The predicted molar refractivity (Wildman–Crippen MR) is 78.7 cm³/mol. The predicted octanol–water partition coefficient (Wildman–Crippen LogP) is 5.34. The zero-order chi connectivity index (χ0) is 12.6. The molecule has 0 aliphatic heterocycles. The molecule has 1 N–H and O–H groups in total. The molecule has 0 aromatic heterocycles. The monoisotopic (exact) mass is 315 g/mol. The van der Waals surface area contributed by atoms with Crippen molar-refractivity contribution in [3.05, 3.63) is 27.7 Å². The average Bonchev–Trinajstić information content (AvgIpc) is 2.44. The molecule has 0 spiro atoms. The number of anilines is 1. The van der Waals surface area contributed by atoms with Gasteiger partial charge >= 0.3 is 0 Å². The van der Waals surface area contributed by atoms with E-state index < -0.39 is 0 Å². The van der Waals surface area contributed by atoms with Gasteiger partial charge in [0.1, 0.15) is 0 Å². The maximum atomic E-state index is 5.95. The fraction of sp³-hybridized carbons (Fsp3) is 0.571. The van der Waals surface area contributed by atoms with E-state index in [1.165, 1.54) is 12.8 Å². The largest absolute Gasteiger partial charge is 0.381 e. The number of halogens is 2. The van der Waals surface area contributed by atoms with Crippen LogP contribution in [0.25, 0.3) is 0 Å². The van der Waals surface area contributed by atoms with Crippen LogP contribution in [0.5, 0.6) is 0 Å². The van der Waals surface area contributed by atoms with Gasteiger partial charge in [-0.25, -0.2) is 0 Å². The van der Waals surface area contributed by atoms with Crippen molar-refractivity contribution in [2.75, 3.05) is 5.32 Å². The molecule has 1 aromatic carbocycles. The van der Waals surface area contributed by atoms with Crippen molar-refractivity contribution in [1.29, 1.82) is 0 Å². The minimum atomic E-state index is 0.454. The fourth-order valence-corrected chi connectivity index (χ4v) is 3.69. The van der Waals surface area contributed by atoms with Crippen molar-refractivity contribution >= 4 is 33.2 Å². The summed E-state index contributed by atoms with van der Waals surface area (Å²) in [6.07, 6.45) is 2.51. The summed E-state index contributed by atoms with van der Waals surface area (Å²) in [6.45, 7) is 7.03. The Labute approximate surface area is 117 Å². The summed E-state index contributed by atoms with van der Waals surface area (Å²) in [4.78, 5) is 0. The van der Waals surface area contributed by atoms with Crippen LogP contribution >= 0.6 is 27.5 Å². The first kappa shape index (κ1) is 13.2. The first-order valence-electron chi connectivity index (χ1n) is 6.09. The normalized spacial score (nSPS) is 27.1. The summed E-state index contributed by atoms with van der Waals surface area (Å²) in [5, 5.41) is 4.40. The maximum Gasteiger partial charge on any atom is 0.0487 e. The molecule has 1 aliphatic carbocycles. The molecule has 0 saturated heterocycles. The second kappa shape index (κ2) is 4.81. The molecule has 2 rings (SSSR count). The molecule has 0 bridgehead atoms. The van der Waals surface area contributed by atoms with Crippen LogP contribution in [0.4, 0.5) is 5.69 Å². The van der Waals surface area contributed by atoms with E-state index >= 15 is 0 Å². The van der Waals surface area contributed by atoms with Gasteiger partial charge in [0.15, 0.2) is 0 Å². The number of hydrogen-bond donors (Lipinski definition) is 1. The van der Waals surface area contributed by atoms with Crippen LogP contribution < -0.4 is 5.32 Å². The Bertz CT molecular complexity index is 417. The topological polar surface area (TPSA) is 12.0 Å². The summed E-state index contributed by atoms with van der Waals surface area (Å²) in [7, 11) is 0. The fourth-order valence-electron chi connectivity index (χ4n) is 2.89. The molecule has 2 atom stereocenters. The van der Waals surface area contributed by atoms with E-state index in [-0.39, 0.29) is 0 Å². The molecule has 0 heterocycles. The molecule has 0 radical (unpaired) electrons. The van der Waals surface area contributed by atoms with Gasteiger partial charge in [0.05, 0.1) is 0 Å². The lowest BCUT2D eigenvalue weighted by Crippen LogP contribution is -2.22. The summed E-state index contributed by atoms with van der Waals surface area (Å²) in [5.74, 6) is 0.715. The number of hydrogen-bond acceptors (Lipinski definition) is 1. The van der Waals surface area contributed by atoms with Gasteiger partial charge < -0.3 is 5.32 Å². The van der Waals surface area contributed by atoms with Gasteiger partial charge in [-0.2, -0.15) is 0 Å². The quantitative estimate of drug-likeness (QED) is 0.776. The highest BCUT2D eigenvalue weighted by Gasteiger charge is 2.36. The van der Waals surface area contributed by atoms with Gasteiger partial charge in [-0.15, -0.1) is 0 Å². The Morgan fingerprint density at radius 1 is 1.35 bits per heavy atom. The van der Waals surface area contributed by atoms with E-state index in [1.54, 1.807) is 0 Å². The van der Waals surface area contributed by atoms with Crippen LogP contribution in [0, 0.1) is 11.3 Å². The minimum absolute atomic E-state index is 0.454. The van der Waals surface area contributed by atoms with Crippen LogP contribution in [0.15, 0.2) is 22.7 Å². The van der Waals surface area contributed by atoms with Crippen molar-refractivity contribution < 1.29 is 0 Å². The van der Waals surface area contributed by atoms with Crippen LogP contribution in [0.2, 0.25) is 5.02 Å². The average molecular weight is 317 g/mol. The molecular formula is C14H19BrClN. The van der Waals surface area contributed by atoms with Crippen LogP contribution in [0.1, 0.15) is 33.6 Å². The Kier molecular flexibility index (Phi) is 3.74. The third-order valence-corrected chi connectivity index (χ3v) is 4.50. The minimum Gasteiger partial charge on any atom is -0.381 e. The summed E-state index contributed by atoms with van der Waals surface area (Å²) in [6, 6.07) is 6.47. The van der Waals surface area contributed by atoms with Crippen molar-refractivity contribution in [1.82, 2.24) is 0 Å². The van der Waals surface area contributed by atoms with E-state index in [1.807, 2.05) is 18.2 Å². The van der Waals surface area contributed by atoms with Crippen molar-refractivity contribution in [3.63, 3.8) is 0 Å². The van der Waals surface area contributed by atoms with Gasteiger partial charge in [0, 0.05) is 21.2 Å². The lowest BCUT2D eigenvalue weighted by molar-refractivity contribution is 0.366. The zero-order valence-corrected chi connectivity index (χ0v) is 12.9. The molecule has 1 nitrogen and oxygen atoms in total. The highest BCUT2D eigenvalue weighted by atomic mass is 79.9. The number of nitrogens with one attached hydrogen (secondary N) is 1. The van der Waals surface area contributed by atoms with Gasteiger partial charge in [-0.05, 0) is 58.3 Å². The van der Waals surface area contributed by atoms with E-state index in [0.717, 1.165) is 15.2 Å². The van der Waals surface area contributed by atoms with Gasteiger partial charge in [0.25, 0.3) is 0 Å². The highest BCUT2D eigenvalue weighted by molar-refractivity contribution is 9.10. The summed E-state index contributed by atoms with van der Waals surface area (Å²) in [5.41, 5.74) is 1.60. The number of rotatable bonds is 2. The molecule has 17 heavy (non-hydrogen) atoms. The molecule has 1 aromatic rings. The zero-order valence-electron chi connectivity index (χ0n) is 10.6. The third-order valence-electron chi connectivity index (χ3n) is 3.61. The summed E-state index contributed by atoms with van der Waals surface area (Å²) >= 11 is 9.51. The van der Waals surface area contributed by atoms with Gasteiger partial charge in [-0.1, -0.05) is 32.4 Å². The van der Waals surface area contributed by atoms with Crippen LogP contribution in [-0.2, 0) is 0 Å². The smallest absolute Gasteiger partial charge is 0.0487 e. The molecular weight excluding hydrogens is 298 g/mol. The Morgan fingerprint density at radius 2 is 2.06 bits per heavy atom. The lowest BCUT2D eigenvalue weighted by atomic mass is 9.91. The van der Waals surface area contributed by atoms with E-state index in [2.05, 4.69) is 42.0 Å². The van der Waals surface area contributed by atoms with Crippen LogP contribution in [0.3, 0.4) is 0 Å². The molecule has 0 amide bonds. The molecule has 1 fully saturated rings. The first-order chi connectivity index (χ1) is 7.87. The van der Waals surface area contributed by atoms with Crippen molar-refractivity contribution in [2.45, 2.75) is 39.7 Å². The standard InChI is InChI=1S/C14H19BrClN/c1-9-7-14(2,3)8-13(9)17-12-5-4-10(16)6-11(12)15/h4-6,9,13,17H,7-8H2,1-3H3. The second-order valence-electron chi connectivity index (χ2n) is 5.92.